The van der Waals surface area contributed by atoms with Gasteiger partial charge >= 0.3 is 0 Å². The number of aromatic nitrogens is 1. The zero-order valence-corrected chi connectivity index (χ0v) is 15.7. The molecule has 0 saturated carbocycles. The van der Waals surface area contributed by atoms with Gasteiger partial charge in [-0.05, 0) is 30.5 Å². The van der Waals surface area contributed by atoms with Gasteiger partial charge in [-0.15, -0.1) is 0 Å². The molecule has 0 unspecified atom stereocenters. The summed E-state index contributed by atoms with van der Waals surface area (Å²) in [5.41, 5.74) is 1.93. The minimum Gasteiger partial charge on any atom is -0.339 e. The maximum Gasteiger partial charge on any atom is 0.255 e. The van der Waals surface area contributed by atoms with Crippen molar-refractivity contribution in [2.75, 3.05) is 19.6 Å². The fraction of sp³-hybridized carbons (Fsp3) is 0.364. The Kier molecular flexibility index (Phi) is 4.82. The summed E-state index contributed by atoms with van der Waals surface area (Å²) in [5.74, 6) is 0.150. The van der Waals surface area contributed by atoms with Crippen molar-refractivity contribution in [2.24, 2.45) is 5.41 Å². The number of nitrogens with zero attached hydrogens (tertiary/aromatic N) is 4. The summed E-state index contributed by atoms with van der Waals surface area (Å²) in [7, 11) is 0. The van der Waals surface area contributed by atoms with Crippen LogP contribution in [0.2, 0.25) is 0 Å². The summed E-state index contributed by atoms with van der Waals surface area (Å²) < 4.78 is 0. The van der Waals surface area contributed by atoms with Crippen LogP contribution in [0.25, 0.3) is 0 Å². The van der Waals surface area contributed by atoms with E-state index in [1.807, 2.05) is 46.2 Å². The molecule has 0 radical (unpaired) electrons. The highest BCUT2D eigenvalue weighted by Gasteiger charge is 2.45. The molecule has 2 amide bonds. The third kappa shape index (κ3) is 3.61. The van der Waals surface area contributed by atoms with E-state index in [0.717, 1.165) is 24.9 Å². The Hall–Kier alpha value is -3.20. The van der Waals surface area contributed by atoms with Crippen molar-refractivity contribution < 1.29 is 9.59 Å². The predicted octanol–water partition coefficient (Wildman–Crippen LogP) is 2.61. The summed E-state index contributed by atoms with van der Waals surface area (Å²) >= 11 is 0. The van der Waals surface area contributed by atoms with Gasteiger partial charge in [0.2, 0.25) is 5.91 Å². The van der Waals surface area contributed by atoms with Crippen LogP contribution in [0.15, 0.2) is 48.7 Å². The largest absolute Gasteiger partial charge is 0.339 e. The van der Waals surface area contributed by atoms with Crippen LogP contribution >= 0.6 is 0 Å². The van der Waals surface area contributed by atoms with Crippen LogP contribution in [-0.4, -0.2) is 46.2 Å². The van der Waals surface area contributed by atoms with Gasteiger partial charge in [0.15, 0.2) is 0 Å². The standard InChI is InChI=1S/C22H22N4O2/c23-13-19-7-6-18(14-24-19)21(28)25-10-8-22(9-11-25)12-20(27)26(16-22)15-17-4-2-1-3-5-17/h1-7,14H,8-12,15-16H2. The van der Waals surface area contributed by atoms with Crippen LogP contribution in [0.4, 0.5) is 0 Å². The van der Waals surface area contributed by atoms with Crippen molar-refractivity contribution in [1.82, 2.24) is 14.8 Å². The summed E-state index contributed by atoms with van der Waals surface area (Å²) in [6, 6.07) is 15.2. The Bertz CT molecular complexity index is 910. The topological polar surface area (TPSA) is 77.3 Å². The van der Waals surface area contributed by atoms with Crippen molar-refractivity contribution in [1.29, 1.82) is 5.26 Å². The quantitative estimate of drug-likeness (QED) is 0.827. The second-order valence-electron chi connectivity index (χ2n) is 7.75. The number of hydrogen-bond acceptors (Lipinski definition) is 4. The first-order valence-corrected chi connectivity index (χ1v) is 9.56. The minimum atomic E-state index is -0.0581. The lowest BCUT2D eigenvalue weighted by Gasteiger charge is -2.38. The van der Waals surface area contributed by atoms with Crippen molar-refractivity contribution in [3.05, 3.63) is 65.5 Å². The zero-order chi connectivity index (χ0) is 19.6. The number of benzene rings is 1. The SMILES string of the molecule is N#Cc1ccc(C(=O)N2CCC3(CC2)CC(=O)N(Cc2ccccc2)C3)cn1. The van der Waals surface area contributed by atoms with Crippen LogP contribution in [0.5, 0.6) is 0 Å². The Morgan fingerprint density at radius 1 is 1.14 bits per heavy atom. The van der Waals surface area contributed by atoms with Crippen LogP contribution in [0, 0.1) is 16.7 Å². The molecule has 28 heavy (non-hydrogen) atoms. The van der Waals surface area contributed by atoms with Crippen molar-refractivity contribution in [2.45, 2.75) is 25.8 Å². The third-order valence-electron chi connectivity index (χ3n) is 5.86. The highest BCUT2D eigenvalue weighted by atomic mass is 16.2. The van der Waals surface area contributed by atoms with E-state index in [1.54, 1.807) is 12.1 Å². The number of carbonyl (C=O) groups is 2. The van der Waals surface area contributed by atoms with Gasteiger partial charge in [-0.25, -0.2) is 4.98 Å². The fourth-order valence-electron chi connectivity index (χ4n) is 4.22. The number of carbonyl (C=O) groups excluding carboxylic acids is 2. The number of pyridine rings is 1. The molecule has 4 rings (SSSR count). The molecule has 1 spiro atoms. The number of rotatable bonds is 3. The van der Waals surface area contributed by atoms with Gasteiger partial charge in [-0.3, -0.25) is 9.59 Å². The molecule has 2 saturated heterocycles. The lowest BCUT2D eigenvalue weighted by Crippen LogP contribution is -2.44. The predicted molar refractivity (Wildman–Crippen MR) is 103 cm³/mol. The average molecular weight is 374 g/mol. The molecular weight excluding hydrogens is 352 g/mol. The normalized spacial score (nSPS) is 18.3. The van der Waals surface area contributed by atoms with E-state index >= 15 is 0 Å². The average Bonchev–Trinajstić information content (AvgIpc) is 3.03. The first kappa shape index (κ1) is 18.2. The molecule has 2 aromatic rings. The maximum absolute atomic E-state index is 12.7. The molecule has 3 heterocycles. The van der Waals surface area contributed by atoms with Gasteiger partial charge in [-0.2, -0.15) is 5.26 Å². The third-order valence-corrected chi connectivity index (χ3v) is 5.86. The summed E-state index contributed by atoms with van der Waals surface area (Å²) in [6.07, 6.45) is 3.70. The number of piperidine rings is 1. The fourth-order valence-corrected chi connectivity index (χ4v) is 4.22. The molecule has 142 valence electrons. The van der Waals surface area contributed by atoms with E-state index in [0.29, 0.717) is 37.3 Å². The minimum absolute atomic E-state index is 0.0223. The Morgan fingerprint density at radius 3 is 2.54 bits per heavy atom. The molecule has 6 nitrogen and oxygen atoms in total. The van der Waals surface area contributed by atoms with Crippen LogP contribution in [-0.2, 0) is 11.3 Å². The monoisotopic (exact) mass is 374 g/mol. The molecule has 1 aromatic heterocycles. The Balaban J connectivity index is 1.37. The van der Waals surface area contributed by atoms with Crippen molar-refractivity contribution in [3.63, 3.8) is 0 Å². The molecule has 0 N–H and O–H groups in total. The highest BCUT2D eigenvalue weighted by molar-refractivity contribution is 5.94. The van der Waals surface area contributed by atoms with E-state index in [-0.39, 0.29) is 17.2 Å². The number of amides is 2. The van der Waals surface area contributed by atoms with E-state index in [1.165, 1.54) is 6.20 Å². The molecule has 6 heteroatoms. The lowest BCUT2D eigenvalue weighted by molar-refractivity contribution is -0.128. The van der Waals surface area contributed by atoms with Gasteiger partial charge in [0.1, 0.15) is 11.8 Å². The number of likely N-dealkylation sites (tertiary alicyclic amines) is 2. The molecule has 0 bridgehead atoms. The molecule has 0 atom stereocenters. The van der Waals surface area contributed by atoms with Crippen LogP contribution < -0.4 is 0 Å². The van der Waals surface area contributed by atoms with Crippen LogP contribution in [0.1, 0.15) is 40.9 Å². The van der Waals surface area contributed by atoms with Gasteiger partial charge in [-0.1, -0.05) is 30.3 Å². The summed E-state index contributed by atoms with van der Waals surface area (Å²) in [6.45, 7) is 2.71. The molecule has 2 aliphatic rings. The van der Waals surface area contributed by atoms with Gasteiger partial charge in [0.05, 0.1) is 5.56 Å². The molecule has 2 aliphatic heterocycles. The van der Waals surface area contributed by atoms with Gasteiger partial charge in [0.25, 0.3) is 5.91 Å². The van der Waals surface area contributed by atoms with Crippen molar-refractivity contribution in [3.8, 4) is 6.07 Å². The first-order chi connectivity index (χ1) is 13.6. The van der Waals surface area contributed by atoms with E-state index in [2.05, 4.69) is 4.98 Å². The Labute approximate surface area is 164 Å². The smallest absolute Gasteiger partial charge is 0.255 e. The lowest BCUT2D eigenvalue weighted by atomic mass is 9.77. The number of nitriles is 1. The Morgan fingerprint density at radius 2 is 1.89 bits per heavy atom. The second kappa shape index (κ2) is 7.43. The summed E-state index contributed by atoms with van der Waals surface area (Å²) in [4.78, 5) is 33.0. The van der Waals surface area contributed by atoms with Gasteiger partial charge in [0, 0.05) is 44.2 Å². The van der Waals surface area contributed by atoms with E-state index in [4.69, 9.17) is 5.26 Å². The molecular formula is C22H22N4O2. The van der Waals surface area contributed by atoms with E-state index < -0.39 is 0 Å². The second-order valence-corrected chi connectivity index (χ2v) is 7.75. The molecule has 0 aliphatic carbocycles. The summed E-state index contributed by atoms with van der Waals surface area (Å²) in [5, 5.41) is 8.83. The van der Waals surface area contributed by atoms with E-state index in [9.17, 15) is 9.59 Å². The highest BCUT2D eigenvalue weighted by Crippen LogP contribution is 2.41. The molecule has 1 aromatic carbocycles. The zero-order valence-electron chi connectivity index (χ0n) is 15.7. The van der Waals surface area contributed by atoms with Crippen molar-refractivity contribution >= 4 is 11.8 Å². The molecule has 2 fully saturated rings. The first-order valence-electron chi connectivity index (χ1n) is 9.56. The maximum atomic E-state index is 12.7. The van der Waals surface area contributed by atoms with Crippen LogP contribution in [0.3, 0.4) is 0 Å². The van der Waals surface area contributed by atoms with Gasteiger partial charge < -0.3 is 9.80 Å². The number of hydrogen-bond donors (Lipinski definition) is 0.